The normalized spacial score (nSPS) is 17.0. The summed E-state index contributed by atoms with van der Waals surface area (Å²) >= 11 is 0. The molecule has 7 heteroatoms. The van der Waals surface area contributed by atoms with Crippen molar-refractivity contribution in [3.05, 3.63) is 59.8 Å². The monoisotopic (exact) mass is 326 g/mol. The number of fused-ring (bicyclic) bond motifs is 1. The summed E-state index contributed by atoms with van der Waals surface area (Å²) in [6, 6.07) is 8.79. The summed E-state index contributed by atoms with van der Waals surface area (Å²) in [5.74, 6) is -0.533. The molecule has 0 saturated carbocycles. The summed E-state index contributed by atoms with van der Waals surface area (Å²) in [6.07, 6.45) is 2.01. The van der Waals surface area contributed by atoms with Gasteiger partial charge in [0.1, 0.15) is 17.5 Å². The van der Waals surface area contributed by atoms with E-state index in [1.165, 1.54) is 36.7 Å². The number of hydrogen-bond acceptors (Lipinski definition) is 4. The molecule has 5 nitrogen and oxygen atoms in total. The van der Waals surface area contributed by atoms with Crippen molar-refractivity contribution in [2.24, 2.45) is 4.99 Å². The molecule has 0 saturated heterocycles. The quantitative estimate of drug-likeness (QED) is 0.678. The zero-order valence-electron chi connectivity index (χ0n) is 12.3. The number of aliphatic imine (C=N–C) groups is 1. The smallest absolute Gasteiger partial charge is 0.160 e. The van der Waals surface area contributed by atoms with Crippen LogP contribution in [0.3, 0.4) is 0 Å². The number of nitrogens with zero attached hydrogens (tertiary/aromatic N) is 2. The number of aliphatic hydroxyl groups is 1. The van der Waals surface area contributed by atoms with Crippen LogP contribution in [0.25, 0.3) is 28.1 Å². The van der Waals surface area contributed by atoms with Gasteiger partial charge in [0.25, 0.3) is 0 Å². The molecule has 1 aromatic heterocycles. The highest BCUT2D eigenvalue weighted by Gasteiger charge is 2.14. The average Bonchev–Trinajstić information content (AvgIpc) is 2.98. The van der Waals surface area contributed by atoms with Gasteiger partial charge in [0.2, 0.25) is 0 Å². The number of imidazole rings is 1. The summed E-state index contributed by atoms with van der Waals surface area (Å²) in [6.45, 7) is 0. The largest absolute Gasteiger partial charge is 0.369 e. The number of aromatic amines is 1. The molecule has 2 aromatic carbocycles. The van der Waals surface area contributed by atoms with E-state index in [-0.39, 0.29) is 11.4 Å². The van der Waals surface area contributed by atoms with E-state index >= 15 is 0 Å². The Hall–Kier alpha value is -3.06. The van der Waals surface area contributed by atoms with Gasteiger partial charge in [0.05, 0.1) is 28.5 Å². The van der Waals surface area contributed by atoms with Crippen molar-refractivity contribution in [2.75, 3.05) is 0 Å². The average molecular weight is 326 g/mol. The van der Waals surface area contributed by atoms with Crippen LogP contribution in [0.1, 0.15) is 5.56 Å². The van der Waals surface area contributed by atoms with Gasteiger partial charge >= 0.3 is 0 Å². The molecule has 3 N–H and O–H groups in total. The molecule has 4 rings (SSSR count). The standard InChI is InChI=1S/C17H12F2N4O/c18-10-2-4-13-14(6-10)23-17(22-13)11-3-1-9(5-12(11)19)15-7-21-16(24)8-20-15/h1-8,16,21,24H,(H,22,23). The Kier molecular flexibility index (Phi) is 3.35. The van der Waals surface area contributed by atoms with Gasteiger partial charge in [-0.3, -0.25) is 4.99 Å². The zero-order valence-corrected chi connectivity index (χ0v) is 12.3. The second kappa shape index (κ2) is 5.54. The lowest BCUT2D eigenvalue weighted by molar-refractivity contribution is 0.224. The molecule has 1 atom stereocenters. The maximum absolute atomic E-state index is 14.5. The molecule has 0 bridgehead atoms. The fourth-order valence-electron chi connectivity index (χ4n) is 2.53. The van der Waals surface area contributed by atoms with Gasteiger partial charge in [-0.1, -0.05) is 6.07 Å². The minimum absolute atomic E-state index is 0.281. The summed E-state index contributed by atoms with van der Waals surface area (Å²) in [4.78, 5) is 11.3. The summed E-state index contributed by atoms with van der Waals surface area (Å²) in [5, 5.41) is 12.0. The fourth-order valence-corrected chi connectivity index (χ4v) is 2.53. The van der Waals surface area contributed by atoms with Crippen molar-refractivity contribution in [2.45, 2.75) is 6.23 Å². The molecule has 1 aliphatic rings. The second-order valence-corrected chi connectivity index (χ2v) is 5.36. The van der Waals surface area contributed by atoms with E-state index in [0.29, 0.717) is 28.1 Å². The first kappa shape index (κ1) is 14.5. The Bertz CT molecular complexity index is 993. The lowest BCUT2D eigenvalue weighted by Gasteiger charge is -2.13. The first-order valence-corrected chi connectivity index (χ1v) is 7.24. The third-order valence-corrected chi connectivity index (χ3v) is 3.71. The Morgan fingerprint density at radius 2 is 1.96 bits per heavy atom. The highest BCUT2D eigenvalue weighted by Crippen LogP contribution is 2.27. The van der Waals surface area contributed by atoms with Gasteiger partial charge in [-0.15, -0.1) is 0 Å². The van der Waals surface area contributed by atoms with Crippen LogP contribution in [0.2, 0.25) is 0 Å². The number of H-pyrrole nitrogens is 1. The van der Waals surface area contributed by atoms with E-state index in [1.54, 1.807) is 12.1 Å². The van der Waals surface area contributed by atoms with E-state index in [4.69, 9.17) is 0 Å². The van der Waals surface area contributed by atoms with Crippen molar-refractivity contribution in [1.82, 2.24) is 15.3 Å². The van der Waals surface area contributed by atoms with Crippen LogP contribution < -0.4 is 5.32 Å². The topological polar surface area (TPSA) is 73.3 Å². The molecule has 0 amide bonds. The van der Waals surface area contributed by atoms with E-state index < -0.39 is 12.0 Å². The molecule has 0 spiro atoms. The predicted molar refractivity (Wildman–Crippen MR) is 87.1 cm³/mol. The van der Waals surface area contributed by atoms with Crippen LogP contribution in [0.5, 0.6) is 0 Å². The lowest BCUT2D eigenvalue weighted by atomic mass is 10.1. The summed E-state index contributed by atoms with van der Waals surface area (Å²) < 4.78 is 27.7. The summed E-state index contributed by atoms with van der Waals surface area (Å²) in [5.41, 5.74) is 2.43. The molecular formula is C17H12F2N4O. The van der Waals surface area contributed by atoms with Crippen molar-refractivity contribution < 1.29 is 13.9 Å². The Morgan fingerprint density at radius 1 is 1.08 bits per heavy atom. The molecule has 2 heterocycles. The molecule has 120 valence electrons. The van der Waals surface area contributed by atoms with Gasteiger partial charge in [0, 0.05) is 11.8 Å². The van der Waals surface area contributed by atoms with Gasteiger partial charge < -0.3 is 15.4 Å². The molecule has 0 aliphatic carbocycles. The van der Waals surface area contributed by atoms with Gasteiger partial charge in [-0.2, -0.15) is 0 Å². The van der Waals surface area contributed by atoms with Crippen molar-refractivity contribution in [1.29, 1.82) is 0 Å². The van der Waals surface area contributed by atoms with E-state index in [0.717, 1.165) is 0 Å². The van der Waals surface area contributed by atoms with Gasteiger partial charge in [-0.05, 0) is 30.3 Å². The van der Waals surface area contributed by atoms with Crippen LogP contribution in [0, 0.1) is 11.6 Å². The highest BCUT2D eigenvalue weighted by atomic mass is 19.1. The Balaban J connectivity index is 1.72. The minimum atomic E-state index is -0.839. The number of benzene rings is 2. The van der Waals surface area contributed by atoms with Crippen molar-refractivity contribution in [3.63, 3.8) is 0 Å². The number of aromatic nitrogens is 2. The van der Waals surface area contributed by atoms with E-state index in [9.17, 15) is 13.9 Å². The summed E-state index contributed by atoms with van der Waals surface area (Å²) in [7, 11) is 0. The van der Waals surface area contributed by atoms with Crippen molar-refractivity contribution in [3.8, 4) is 11.4 Å². The SMILES string of the molecule is OC1C=NC(c2ccc(-c3nc4ccc(F)cc4[nH]3)c(F)c2)=CN1. The predicted octanol–water partition coefficient (Wildman–Crippen LogP) is 2.80. The van der Waals surface area contributed by atoms with Crippen LogP contribution >= 0.6 is 0 Å². The molecule has 0 fully saturated rings. The van der Waals surface area contributed by atoms with Crippen LogP contribution in [0.4, 0.5) is 8.78 Å². The van der Waals surface area contributed by atoms with Crippen molar-refractivity contribution >= 4 is 22.9 Å². The number of hydrogen-bond donors (Lipinski definition) is 3. The van der Waals surface area contributed by atoms with E-state index in [1.807, 2.05) is 0 Å². The van der Waals surface area contributed by atoms with Crippen LogP contribution in [0.15, 0.2) is 47.6 Å². The third kappa shape index (κ3) is 2.55. The Morgan fingerprint density at radius 3 is 2.71 bits per heavy atom. The van der Waals surface area contributed by atoms with E-state index in [2.05, 4.69) is 20.3 Å². The third-order valence-electron chi connectivity index (χ3n) is 3.71. The Labute approximate surface area is 135 Å². The molecule has 0 radical (unpaired) electrons. The second-order valence-electron chi connectivity index (χ2n) is 5.36. The van der Waals surface area contributed by atoms with Crippen LogP contribution in [-0.2, 0) is 0 Å². The fraction of sp³-hybridized carbons (Fsp3) is 0.0588. The molecule has 1 unspecified atom stereocenters. The molecule has 1 aliphatic heterocycles. The number of aliphatic hydroxyl groups excluding tert-OH is 1. The maximum Gasteiger partial charge on any atom is 0.160 e. The lowest BCUT2D eigenvalue weighted by Crippen LogP contribution is -2.27. The molecular weight excluding hydrogens is 314 g/mol. The number of rotatable bonds is 2. The number of nitrogens with one attached hydrogen (secondary N) is 2. The first-order valence-electron chi connectivity index (χ1n) is 7.24. The highest BCUT2D eigenvalue weighted by molar-refractivity contribution is 5.81. The minimum Gasteiger partial charge on any atom is -0.369 e. The maximum atomic E-state index is 14.5. The first-order chi connectivity index (χ1) is 11.6. The van der Waals surface area contributed by atoms with Gasteiger partial charge in [-0.25, -0.2) is 13.8 Å². The van der Waals surface area contributed by atoms with Crippen LogP contribution in [-0.4, -0.2) is 27.5 Å². The van der Waals surface area contributed by atoms with Gasteiger partial charge in [0.15, 0.2) is 6.23 Å². The zero-order chi connectivity index (χ0) is 16.7. The molecule has 3 aromatic rings. The molecule has 24 heavy (non-hydrogen) atoms. The number of halogens is 2.